The van der Waals surface area contributed by atoms with Gasteiger partial charge in [0.1, 0.15) is 5.72 Å². The van der Waals surface area contributed by atoms with Gasteiger partial charge in [-0.15, -0.1) is 0 Å². The van der Waals surface area contributed by atoms with E-state index >= 15 is 0 Å². The van der Waals surface area contributed by atoms with Gasteiger partial charge in [-0.3, -0.25) is 5.32 Å². The molecule has 2 saturated heterocycles. The quantitative estimate of drug-likeness (QED) is 0.647. The number of rotatable bonds is 0. The molecule has 0 aromatic heterocycles. The molecule has 13 heavy (non-hydrogen) atoms. The summed E-state index contributed by atoms with van der Waals surface area (Å²) in [5.41, 5.74) is 0.0431. The summed E-state index contributed by atoms with van der Waals surface area (Å²) in [7, 11) is 0. The van der Waals surface area contributed by atoms with Crippen molar-refractivity contribution in [2.45, 2.75) is 51.0 Å². The van der Waals surface area contributed by atoms with Crippen LogP contribution in [0.2, 0.25) is 0 Å². The molecule has 0 aliphatic carbocycles. The summed E-state index contributed by atoms with van der Waals surface area (Å²) < 4.78 is 6.16. The SMILES string of the molecule is CC1CC(C)(C)OC2(CCSC2)N1. The highest BCUT2D eigenvalue weighted by Gasteiger charge is 2.45. The van der Waals surface area contributed by atoms with E-state index < -0.39 is 0 Å². The van der Waals surface area contributed by atoms with E-state index in [1.54, 1.807) is 0 Å². The highest BCUT2D eigenvalue weighted by atomic mass is 32.2. The first kappa shape index (κ1) is 9.81. The lowest BCUT2D eigenvalue weighted by atomic mass is 9.94. The molecule has 2 unspecified atom stereocenters. The fourth-order valence-electron chi connectivity index (χ4n) is 2.58. The minimum atomic E-state index is -0.00810. The lowest BCUT2D eigenvalue weighted by molar-refractivity contribution is -0.182. The van der Waals surface area contributed by atoms with Crippen LogP contribution < -0.4 is 5.32 Å². The number of ether oxygens (including phenoxy) is 1. The zero-order chi connectivity index (χ0) is 9.53. The van der Waals surface area contributed by atoms with Crippen LogP contribution in [0.15, 0.2) is 0 Å². The van der Waals surface area contributed by atoms with Crippen molar-refractivity contribution in [2.75, 3.05) is 11.5 Å². The first-order valence-corrected chi connectivity index (χ1v) is 6.23. The Bertz CT molecular complexity index is 199. The Hall–Kier alpha value is 0.270. The lowest BCUT2D eigenvalue weighted by Gasteiger charge is -2.46. The molecular weight excluding hydrogens is 182 g/mol. The summed E-state index contributed by atoms with van der Waals surface area (Å²) in [6.45, 7) is 6.67. The molecule has 1 spiro atoms. The van der Waals surface area contributed by atoms with E-state index in [4.69, 9.17) is 4.74 Å². The van der Waals surface area contributed by atoms with E-state index in [1.165, 1.54) is 5.75 Å². The van der Waals surface area contributed by atoms with Gasteiger partial charge >= 0.3 is 0 Å². The molecule has 2 aliphatic heterocycles. The summed E-state index contributed by atoms with van der Waals surface area (Å²) in [5, 5.41) is 3.60. The molecule has 2 rings (SSSR count). The first-order chi connectivity index (χ1) is 6.02. The van der Waals surface area contributed by atoms with Crippen molar-refractivity contribution in [3.8, 4) is 0 Å². The smallest absolute Gasteiger partial charge is 0.130 e. The van der Waals surface area contributed by atoms with Gasteiger partial charge in [-0.25, -0.2) is 0 Å². The zero-order valence-electron chi connectivity index (χ0n) is 8.72. The molecule has 0 amide bonds. The second kappa shape index (κ2) is 3.14. The molecule has 0 aromatic carbocycles. The van der Waals surface area contributed by atoms with Crippen LogP contribution >= 0.6 is 11.8 Å². The predicted molar refractivity (Wildman–Crippen MR) is 57.1 cm³/mol. The Morgan fingerprint density at radius 3 is 2.77 bits per heavy atom. The van der Waals surface area contributed by atoms with E-state index in [-0.39, 0.29) is 11.3 Å². The van der Waals surface area contributed by atoms with Gasteiger partial charge in [-0.1, -0.05) is 0 Å². The molecule has 0 bridgehead atoms. The van der Waals surface area contributed by atoms with Crippen molar-refractivity contribution in [1.82, 2.24) is 5.32 Å². The maximum atomic E-state index is 6.16. The van der Waals surface area contributed by atoms with E-state index in [9.17, 15) is 0 Å². The van der Waals surface area contributed by atoms with Crippen LogP contribution in [-0.4, -0.2) is 28.9 Å². The van der Waals surface area contributed by atoms with Gasteiger partial charge in [0.2, 0.25) is 0 Å². The minimum Gasteiger partial charge on any atom is -0.354 e. The summed E-state index contributed by atoms with van der Waals surface area (Å²) in [5.74, 6) is 2.34. The van der Waals surface area contributed by atoms with E-state index in [2.05, 4.69) is 26.1 Å². The van der Waals surface area contributed by atoms with Crippen molar-refractivity contribution < 1.29 is 4.74 Å². The van der Waals surface area contributed by atoms with Crippen LogP contribution in [0.4, 0.5) is 0 Å². The zero-order valence-corrected chi connectivity index (χ0v) is 9.54. The molecule has 0 aromatic rings. The third kappa shape index (κ3) is 2.03. The molecule has 2 fully saturated rings. The second-order valence-corrected chi connectivity index (χ2v) is 6.01. The van der Waals surface area contributed by atoms with Crippen LogP contribution in [0.1, 0.15) is 33.6 Å². The summed E-state index contributed by atoms with van der Waals surface area (Å²) in [4.78, 5) is 0. The Morgan fingerprint density at radius 1 is 1.46 bits per heavy atom. The molecule has 3 heteroatoms. The lowest BCUT2D eigenvalue weighted by Crippen LogP contribution is -2.61. The summed E-state index contributed by atoms with van der Waals surface area (Å²) in [6.07, 6.45) is 2.27. The molecule has 0 radical (unpaired) electrons. The second-order valence-electron chi connectivity index (χ2n) is 4.91. The van der Waals surface area contributed by atoms with Gasteiger partial charge in [-0.05, 0) is 39.4 Å². The van der Waals surface area contributed by atoms with Gasteiger partial charge in [0.15, 0.2) is 0 Å². The van der Waals surface area contributed by atoms with Gasteiger partial charge in [-0.2, -0.15) is 11.8 Å². The number of hydrogen-bond acceptors (Lipinski definition) is 3. The average Bonchev–Trinajstić information content (AvgIpc) is 2.31. The molecular formula is C10H19NOS. The molecule has 0 saturated carbocycles. The first-order valence-electron chi connectivity index (χ1n) is 5.07. The van der Waals surface area contributed by atoms with Crippen molar-refractivity contribution >= 4 is 11.8 Å². The van der Waals surface area contributed by atoms with Crippen molar-refractivity contribution in [2.24, 2.45) is 0 Å². The van der Waals surface area contributed by atoms with Crippen LogP contribution in [0.3, 0.4) is 0 Å². The van der Waals surface area contributed by atoms with Crippen molar-refractivity contribution in [3.05, 3.63) is 0 Å². The maximum absolute atomic E-state index is 6.16. The summed E-state index contributed by atoms with van der Waals surface area (Å²) in [6, 6.07) is 0.586. The van der Waals surface area contributed by atoms with Crippen LogP contribution in [0.25, 0.3) is 0 Å². The van der Waals surface area contributed by atoms with Crippen LogP contribution in [-0.2, 0) is 4.74 Å². The third-order valence-electron chi connectivity index (χ3n) is 2.76. The van der Waals surface area contributed by atoms with Crippen molar-refractivity contribution in [3.63, 3.8) is 0 Å². The average molecular weight is 201 g/mol. The van der Waals surface area contributed by atoms with Crippen LogP contribution in [0, 0.1) is 0 Å². The maximum Gasteiger partial charge on any atom is 0.130 e. The number of thioether (sulfide) groups is 1. The molecule has 2 nitrogen and oxygen atoms in total. The molecule has 2 atom stereocenters. The van der Waals surface area contributed by atoms with E-state index in [0.29, 0.717) is 6.04 Å². The standard InChI is InChI=1S/C10H19NOS/c1-8-6-9(2,3)12-10(11-8)4-5-13-7-10/h8,11H,4-7H2,1-3H3. The monoisotopic (exact) mass is 201 g/mol. The largest absolute Gasteiger partial charge is 0.354 e. The Morgan fingerprint density at radius 2 is 2.23 bits per heavy atom. The van der Waals surface area contributed by atoms with Crippen LogP contribution in [0.5, 0.6) is 0 Å². The van der Waals surface area contributed by atoms with Gasteiger partial charge in [0.25, 0.3) is 0 Å². The highest BCUT2D eigenvalue weighted by molar-refractivity contribution is 7.99. The molecule has 1 N–H and O–H groups in total. The third-order valence-corrected chi connectivity index (χ3v) is 3.93. The normalized spacial score (nSPS) is 44.1. The van der Waals surface area contributed by atoms with Gasteiger partial charge < -0.3 is 4.74 Å². The molecule has 76 valence electrons. The number of hydrogen-bond donors (Lipinski definition) is 1. The minimum absolute atomic E-state index is 0.00810. The topological polar surface area (TPSA) is 21.3 Å². The predicted octanol–water partition coefficient (Wildman–Crippen LogP) is 2.00. The van der Waals surface area contributed by atoms with Gasteiger partial charge in [0.05, 0.1) is 5.60 Å². The van der Waals surface area contributed by atoms with Crippen molar-refractivity contribution in [1.29, 1.82) is 0 Å². The molecule has 2 aliphatic rings. The Labute approximate surface area is 84.8 Å². The van der Waals surface area contributed by atoms with E-state index in [1.807, 2.05) is 11.8 Å². The fourth-order valence-corrected chi connectivity index (χ4v) is 3.81. The summed E-state index contributed by atoms with van der Waals surface area (Å²) >= 11 is 1.99. The number of nitrogens with one attached hydrogen (secondary N) is 1. The Kier molecular flexibility index (Phi) is 2.37. The Balaban J connectivity index is 2.12. The molecule has 2 heterocycles. The van der Waals surface area contributed by atoms with Gasteiger partial charge in [0, 0.05) is 11.8 Å². The highest BCUT2D eigenvalue weighted by Crippen LogP contribution is 2.38. The van der Waals surface area contributed by atoms with E-state index in [0.717, 1.165) is 18.6 Å². The fraction of sp³-hybridized carbons (Fsp3) is 1.00.